The van der Waals surface area contributed by atoms with Gasteiger partial charge in [-0.1, -0.05) is 6.07 Å². The molecule has 0 radical (unpaired) electrons. The highest BCUT2D eigenvalue weighted by atomic mass is 16.5. The molecular formula is C25H29NO6. The summed E-state index contributed by atoms with van der Waals surface area (Å²) in [5.74, 6) is 1.90. The molecule has 2 N–H and O–H groups in total. The number of benzene rings is 2. The normalized spacial score (nSPS) is 16.9. The summed E-state index contributed by atoms with van der Waals surface area (Å²) in [6.07, 6.45) is 0.411. The fraction of sp³-hybridized carbons (Fsp3) is 0.400. The average Bonchev–Trinajstić information content (AvgIpc) is 3.09. The number of aliphatic hydroxyl groups is 1. The number of furan rings is 1. The van der Waals surface area contributed by atoms with Crippen LogP contribution in [0.1, 0.15) is 53.6 Å². The van der Waals surface area contributed by atoms with Crippen LogP contribution in [0.2, 0.25) is 0 Å². The van der Waals surface area contributed by atoms with E-state index in [9.17, 15) is 9.90 Å². The van der Waals surface area contributed by atoms with Gasteiger partial charge < -0.3 is 29.1 Å². The Balaban J connectivity index is 1.52. The number of fused-ring (bicyclic) bond motifs is 3. The van der Waals surface area contributed by atoms with Gasteiger partial charge in [0.25, 0.3) is 5.91 Å². The number of nitrogens with one attached hydrogen (secondary N) is 1. The molecule has 1 aliphatic rings. The van der Waals surface area contributed by atoms with Crippen molar-refractivity contribution >= 4 is 16.9 Å². The first-order valence-electron chi connectivity index (χ1n) is 10.7. The molecule has 3 aromatic rings. The van der Waals surface area contributed by atoms with E-state index in [-0.39, 0.29) is 11.7 Å². The molecule has 0 fully saturated rings. The van der Waals surface area contributed by atoms with Crippen molar-refractivity contribution in [1.29, 1.82) is 0 Å². The maximum atomic E-state index is 12.9. The lowest BCUT2D eigenvalue weighted by Gasteiger charge is -2.35. The number of hydrogen-bond donors (Lipinski definition) is 2. The van der Waals surface area contributed by atoms with Crippen molar-refractivity contribution < 1.29 is 28.5 Å². The molecule has 0 saturated heterocycles. The Bertz CT molecular complexity index is 1160. The summed E-state index contributed by atoms with van der Waals surface area (Å²) in [7, 11) is 3.19. The second-order valence-corrected chi connectivity index (χ2v) is 8.68. The van der Waals surface area contributed by atoms with Crippen molar-refractivity contribution in [3.63, 3.8) is 0 Å². The molecule has 1 atom stereocenters. The van der Waals surface area contributed by atoms with Gasteiger partial charge in [0.15, 0.2) is 17.3 Å². The fourth-order valence-electron chi connectivity index (χ4n) is 4.33. The van der Waals surface area contributed by atoms with Crippen LogP contribution in [0.5, 0.6) is 17.2 Å². The molecule has 2 aromatic carbocycles. The first kappa shape index (κ1) is 22.0. The molecule has 0 bridgehead atoms. The third kappa shape index (κ3) is 4.00. The SMILES string of the molecule is COc1ccc(CCNC(=O)c2oc3ccc4c(c3c2C)[C@H](O)CC(C)(C)O4)cc1OC. The number of amides is 1. The van der Waals surface area contributed by atoms with E-state index in [4.69, 9.17) is 18.6 Å². The molecule has 2 heterocycles. The van der Waals surface area contributed by atoms with Crippen LogP contribution >= 0.6 is 0 Å². The largest absolute Gasteiger partial charge is 0.493 e. The summed E-state index contributed by atoms with van der Waals surface area (Å²) < 4.78 is 22.5. The number of methoxy groups -OCH3 is 2. The minimum Gasteiger partial charge on any atom is -0.493 e. The number of hydrogen-bond acceptors (Lipinski definition) is 6. The lowest BCUT2D eigenvalue weighted by Crippen LogP contribution is -2.34. The zero-order chi connectivity index (χ0) is 23.0. The van der Waals surface area contributed by atoms with Gasteiger partial charge in [-0.2, -0.15) is 0 Å². The zero-order valence-electron chi connectivity index (χ0n) is 19.1. The molecule has 0 aliphatic carbocycles. The van der Waals surface area contributed by atoms with Crippen molar-refractivity contribution in [2.75, 3.05) is 20.8 Å². The van der Waals surface area contributed by atoms with E-state index in [1.54, 1.807) is 26.4 Å². The van der Waals surface area contributed by atoms with Gasteiger partial charge in [-0.25, -0.2) is 0 Å². The molecule has 1 aliphatic heterocycles. The van der Waals surface area contributed by atoms with E-state index in [0.717, 1.165) is 10.9 Å². The minimum atomic E-state index is -0.685. The summed E-state index contributed by atoms with van der Waals surface area (Å²) >= 11 is 0. The van der Waals surface area contributed by atoms with Crippen LogP contribution in [0.4, 0.5) is 0 Å². The number of aliphatic hydroxyl groups excluding tert-OH is 1. The Morgan fingerprint density at radius 2 is 1.94 bits per heavy atom. The topological polar surface area (TPSA) is 90.2 Å². The molecule has 0 saturated carbocycles. The second-order valence-electron chi connectivity index (χ2n) is 8.68. The molecule has 7 heteroatoms. The lowest BCUT2D eigenvalue weighted by atomic mass is 9.89. The summed E-state index contributed by atoms with van der Waals surface area (Å²) in [5.41, 5.74) is 2.51. The summed E-state index contributed by atoms with van der Waals surface area (Å²) in [6.45, 7) is 6.16. The Labute approximate surface area is 187 Å². The highest BCUT2D eigenvalue weighted by Crippen LogP contribution is 2.45. The van der Waals surface area contributed by atoms with Gasteiger partial charge in [0, 0.05) is 29.5 Å². The van der Waals surface area contributed by atoms with Gasteiger partial charge in [-0.05, 0) is 57.0 Å². The number of carbonyl (C=O) groups excluding carboxylic acids is 1. The molecule has 0 spiro atoms. The lowest BCUT2D eigenvalue weighted by molar-refractivity contribution is 0.0126. The zero-order valence-corrected chi connectivity index (χ0v) is 19.1. The highest BCUT2D eigenvalue weighted by Gasteiger charge is 2.35. The van der Waals surface area contributed by atoms with E-state index >= 15 is 0 Å². The molecule has 32 heavy (non-hydrogen) atoms. The highest BCUT2D eigenvalue weighted by molar-refractivity contribution is 6.00. The van der Waals surface area contributed by atoms with Crippen LogP contribution in [0.25, 0.3) is 11.0 Å². The molecule has 7 nitrogen and oxygen atoms in total. The second kappa shape index (κ2) is 8.39. The Kier molecular flexibility index (Phi) is 5.77. The predicted molar refractivity (Wildman–Crippen MR) is 121 cm³/mol. The van der Waals surface area contributed by atoms with Crippen LogP contribution in [-0.2, 0) is 6.42 Å². The maximum absolute atomic E-state index is 12.9. The van der Waals surface area contributed by atoms with Crippen LogP contribution in [0, 0.1) is 6.92 Å². The van der Waals surface area contributed by atoms with Gasteiger partial charge in [0.1, 0.15) is 16.9 Å². The van der Waals surface area contributed by atoms with Gasteiger partial charge >= 0.3 is 0 Å². The number of carbonyl (C=O) groups is 1. The molecule has 170 valence electrons. The predicted octanol–water partition coefficient (Wildman–Crippen LogP) is 4.33. The average molecular weight is 440 g/mol. The van der Waals surface area contributed by atoms with Crippen molar-refractivity contribution in [3.8, 4) is 17.2 Å². The summed E-state index contributed by atoms with van der Waals surface area (Å²) in [6, 6.07) is 9.26. The van der Waals surface area contributed by atoms with E-state index in [2.05, 4.69) is 5.32 Å². The van der Waals surface area contributed by atoms with Crippen molar-refractivity contribution in [1.82, 2.24) is 5.32 Å². The van der Waals surface area contributed by atoms with E-state index in [1.807, 2.05) is 39.0 Å². The fourth-order valence-corrected chi connectivity index (χ4v) is 4.33. The number of aryl methyl sites for hydroxylation is 1. The van der Waals surface area contributed by atoms with Crippen LogP contribution in [-0.4, -0.2) is 37.4 Å². The standard InChI is InChI=1S/C25H29NO6/c1-14-21-18(8-9-19-22(21)16(27)13-25(2,3)32-19)31-23(14)24(28)26-11-10-15-6-7-17(29-4)20(12-15)30-5/h6-9,12,16,27H,10-11,13H2,1-5H3,(H,26,28)/t16-/m1/s1. The summed E-state index contributed by atoms with van der Waals surface area (Å²) in [5, 5.41) is 14.4. The first-order valence-corrected chi connectivity index (χ1v) is 10.7. The number of ether oxygens (including phenoxy) is 3. The Hall–Kier alpha value is -3.19. The quantitative estimate of drug-likeness (QED) is 0.594. The first-order chi connectivity index (χ1) is 15.2. The van der Waals surface area contributed by atoms with E-state index in [0.29, 0.717) is 53.3 Å². The third-order valence-corrected chi connectivity index (χ3v) is 5.85. The van der Waals surface area contributed by atoms with Crippen LogP contribution in [0.15, 0.2) is 34.7 Å². The van der Waals surface area contributed by atoms with E-state index in [1.165, 1.54) is 0 Å². The molecule has 4 rings (SSSR count). The van der Waals surface area contributed by atoms with Crippen LogP contribution in [0.3, 0.4) is 0 Å². The van der Waals surface area contributed by atoms with Gasteiger partial charge in [-0.3, -0.25) is 4.79 Å². The van der Waals surface area contributed by atoms with Crippen molar-refractivity contribution in [2.24, 2.45) is 0 Å². The minimum absolute atomic E-state index is 0.248. The molecule has 0 unspecified atom stereocenters. The van der Waals surface area contributed by atoms with Gasteiger partial charge in [0.05, 0.1) is 20.3 Å². The van der Waals surface area contributed by atoms with Crippen molar-refractivity contribution in [3.05, 3.63) is 52.8 Å². The van der Waals surface area contributed by atoms with Gasteiger partial charge in [-0.15, -0.1) is 0 Å². The molecule has 1 amide bonds. The maximum Gasteiger partial charge on any atom is 0.287 e. The third-order valence-electron chi connectivity index (χ3n) is 5.85. The van der Waals surface area contributed by atoms with Crippen LogP contribution < -0.4 is 19.5 Å². The Morgan fingerprint density at radius 1 is 1.19 bits per heavy atom. The van der Waals surface area contributed by atoms with E-state index < -0.39 is 11.7 Å². The van der Waals surface area contributed by atoms with Crippen molar-refractivity contribution in [2.45, 2.75) is 45.3 Å². The monoisotopic (exact) mass is 439 g/mol. The molecule has 1 aromatic heterocycles. The number of rotatable bonds is 6. The van der Waals surface area contributed by atoms with Gasteiger partial charge in [0.2, 0.25) is 0 Å². The summed E-state index contributed by atoms with van der Waals surface area (Å²) in [4.78, 5) is 12.9. The molecular weight excluding hydrogens is 410 g/mol. The Morgan fingerprint density at radius 3 is 2.66 bits per heavy atom. The smallest absolute Gasteiger partial charge is 0.287 e.